The molecule has 0 bridgehead atoms. The first-order chi connectivity index (χ1) is 9.13. The van der Waals surface area contributed by atoms with Crippen molar-refractivity contribution in [2.45, 2.75) is 0 Å². The highest BCUT2D eigenvalue weighted by atomic mass is 16.1. The first-order valence-corrected chi connectivity index (χ1v) is 5.92. The van der Waals surface area contributed by atoms with Crippen molar-refractivity contribution in [3.8, 4) is 11.3 Å². The van der Waals surface area contributed by atoms with Crippen LogP contribution in [-0.2, 0) is 0 Å². The number of nitrogens with two attached hydrogens (primary N) is 2. The van der Waals surface area contributed by atoms with E-state index in [4.69, 9.17) is 11.5 Å². The minimum absolute atomic E-state index is 0.425. The molecule has 19 heavy (non-hydrogen) atoms. The number of primary amides is 1. The summed E-state index contributed by atoms with van der Waals surface area (Å²) in [5, 5.41) is 1.04. The molecule has 4 heteroatoms. The molecule has 94 valence electrons. The topological polar surface area (TPSA) is 84.9 Å². The second-order valence-corrected chi connectivity index (χ2v) is 4.47. The average molecular weight is 251 g/mol. The molecule has 0 aliphatic rings. The molecule has 0 aliphatic heterocycles. The molecule has 3 rings (SSSR count). The first kappa shape index (κ1) is 11.3. The maximum Gasteiger partial charge on any atom is 0.248 e. The second kappa shape index (κ2) is 4.17. The second-order valence-electron chi connectivity index (χ2n) is 4.47. The Bertz CT molecular complexity index is 757. The molecular weight excluding hydrogens is 238 g/mol. The summed E-state index contributed by atoms with van der Waals surface area (Å²) in [6.45, 7) is 0. The van der Waals surface area contributed by atoms with Crippen molar-refractivity contribution >= 4 is 22.5 Å². The molecule has 0 fully saturated rings. The van der Waals surface area contributed by atoms with Crippen LogP contribution in [0, 0.1) is 0 Å². The number of fused-ring (bicyclic) bond motifs is 1. The van der Waals surface area contributed by atoms with E-state index in [1.807, 2.05) is 36.4 Å². The van der Waals surface area contributed by atoms with Gasteiger partial charge in [-0.05, 0) is 35.9 Å². The number of nitrogen functional groups attached to an aromatic ring is 1. The van der Waals surface area contributed by atoms with Gasteiger partial charge in [0.15, 0.2) is 0 Å². The lowest BCUT2D eigenvalue weighted by atomic mass is 10.1. The summed E-state index contributed by atoms with van der Waals surface area (Å²) >= 11 is 0. The number of amides is 1. The van der Waals surface area contributed by atoms with Crippen LogP contribution in [0.2, 0.25) is 0 Å². The fourth-order valence-corrected chi connectivity index (χ4v) is 2.10. The summed E-state index contributed by atoms with van der Waals surface area (Å²) in [5.41, 5.74) is 15.1. The van der Waals surface area contributed by atoms with Crippen molar-refractivity contribution in [1.82, 2.24) is 4.98 Å². The summed E-state index contributed by atoms with van der Waals surface area (Å²) < 4.78 is 0. The Morgan fingerprint density at radius 3 is 2.42 bits per heavy atom. The van der Waals surface area contributed by atoms with Gasteiger partial charge in [0.1, 0.15) is 0 Å². The zero-order valence-corrected chi connectivity index (χ0v) is 10.2. The molecule has 1 aromatic heterocycles. The van der Waals surface area contributed by atoms with Crippen molar-refractivity contribution in [3.63, 3.8) is 0 Å². The van der Waals surface area contributed by atoms with Crippen LogP contribution in [0.1, 0.15) is 10.4 Å². The molecule has 5 N–H and O–H groups in total. The Morgan fingerprint density at radius 1 is 1.00 bits per heavy atom. The number of aromatic nitrogens is 1. The first-order valence-electron chi connectivity index (χ1n) is 5.92. The summed E-state index contributed by atoms with van der Waals surface area (Å²) in [6.07, 6.45) is 0. The number of rotatable bonds is 2. The number of hydrogen-bond acceptors (Lipinski definition) is 2. The quantitative estimate of drug-likeness (QED) is 0.611. The fraction of sp³-hybridized carbons (Fsp3) is 0. The van der Waals surface area contributed by atoms with E-state index in [1.165, 1.54) is 0 Å². The highest BCUT2D eigenvalue weighted by Crippen LogP contribution is 2.25. The van der Waals surface area contributed by atoms with E-state index in [2.05, 4.69) is 4.98 Å². The van der Waals surface area contributed by atoms with Gasteiger partial charge in [0.05, 0.1) is 0 Å². The van der Waals surface area contributed by atoms with Gasteiger partial charge in [-0.2, -0.15) is 0 Å². The van der Waals surface area contributed by atoms with E-state index in [0.717, 1.165) is 27.8 Å². The molecule has 0 saturated carbocycles. The van der Waals surface area contributed by atoms with E-state index in [9.17, 15) is 4.79 Å². The number of anilines is 1. The monoisotopic (exact) mass is 251 g/mol. The van der Waals surface area contributed by atoms with E-state index in [0.29, 0.717) is 5.56 Å². The number of hydrogen-bond donors (Lipinski definition) is 3. The van der Waals surface area contributed by atoms with Gasteiger partial charge in [0.25, 0.3) is 0 Å². The van der Waals surface area contributed by atoms with Crippen molar-refractivity contribution in [2.75, 3.05) is 5.73 Å². The molecule has 0 radical (unpaired) electrons. The minimum atomic E-state index is -0.425. The number of nitrogens with one attached hydrogen (secondary N) is 1. The van der Waals surface area contributed by atoms with Gasteiger partial charge in [-0.15, -0.1) is 0 Å². The van der Waals surface area contributed by atoms with Gasteiger partial charge in [-0.25, -0.2) is 0 Å². The van der Waals surface area contributed by atoms with Crippen molar-refractivity contribution in [2.24, 2.45) is 5.73 Å². The van der Waals surface area contributed by atoms with E-state index >= 15 is 0 Å². The zero-order chi connectivity index (χ0) is 13.4. The normalized spacial score (nSPS) is 10.7. The molecule has 0 aliphatic carbocycles. The van der Waals surface area contributed by atoms with Crippen LogP contribution in [0.4, 0.5) is 5.69 Å². The maximum absolute atomic E-state index is 11.2. The summed E-state index contributed by atoms with van der Waals surface area (Å²) in [6, 6.07) is 15.0. The van der Waals surface area contributed by atoms with Crippen LogP contribution < -0.4 is 11.5 Å². The molecular formula is C15H13N3O. The third kappa shape index (κ3) is 2.04. The lowest BCUT2D eigenvalue weighted by Gasteiger charge is -1.98. The van der Waals surface area contributed by atoms with Crippen molar-refractivity contribution in [3.05, 3.63) is 54.1 Å². The summed E-state index contributed by atoms with van der Waals surface area (Å²) in [4.78, 5) is 14.4. The van der Waals surface area contributed by atoms with Crippen LogP contribution in [-0.4, -0.2) is 10.9 Å². The van der Waals surface area contributed by atoms with Gasteiger partial charge >= 0.3 is 0 Å². The van der Waals surface area contributed by atoms with Crippen LogP contribution in [0.3, 0.4) is 0 Å². The Balaban J connectivity index is 2.11. The predicted molar refractivity (Wildman–Crippen MR) is 76.7 cm³/mol. The number of aromatic amines is 1. The third-order valence-electron chi connectivity index (χ3n) is 3.13. The molecule has 1 amide bonds. The number of carbonyl (C=O) groups is 1. The molecule has 0 atom stereocenters. The number of carbonyl (C=O) groups excluding carboxylic acids is 1. The van der Waals surface area contributed by atoms with Gasteiger partial charge in [-0.1, -0.05) is 18.2 Å². The largest absolute Gasteiger partial charge is 0.399 e. The predicted octanol–water partition coefficient (Wildman–Crippen LogP) is 2.52. The van der Waals surface area contributed by atoms with Gasteiger partial charge in [-0.3, -0.25) is 4.79 Å². The minimum Gasteiger partial charge on any atom is -0.399 e. The molecule has 3 aromatic rings. The van der Waals surface area contributed by atoms with Gasteiger partial charge in [0, 0.05) is 27.8 Å². The van der Waals surface area contributed by atoms with E-state index < -0.39 is 5.91 Å². The molecule has 0 spiro atoms. The van der Waals surface area contributed by atoms with Crippen molar-refractivity contribution in [1.29, 1.82) is 0 Å². The summed E-state index contributed by atoms with van der Waals surface area (Å²) in [5.74, 6) is -0.425. The highest BCUT2D eigenvalue weighted by molar-refractivity contribution is 5.97. The smallest absolute Gasteiger partial charge is 0.248 e. The number of benzene rings is 2. The number of H-pyrrole nitrogens is 1. The molecule has 0 saturated heterocycles. The van der Waals surface area contributed by atoms with E-state index in [-0.39, 0.29) is 0 Å². The molecule has 0 unspecified atom stereocenters. The molecule has 1 heterocycles. The lowest BCUT2D eigenvalue weighted by Crippen LogP contribution is -2.10. The van der Waals surface area contributed by atoms with Crippen LogP contribution >= 0.6 is 0 Å². The van der Waals surface area contributed by atoms with Crippen LogP contribution in [0.25, 0.3) is 22.2 Å². The lowest BCUT2D eigenvalue weighted by molar-refractivity contribution is 0.100. The Morgan fingerprint density at radius 2 is 1.74 bits per heavy atom. The Labute approximate surface area is 110 Å². The highest BCUT2D eigenvalue weighted by Gasteiger charge is 2.06. The fourth-order valence-electron chi connectivity index (χ4n) is 2.10. The SMILES string of the molecule is NC(=O)c1ccc2cc(-c3ccc(N)cc3)[nH]c2c1. The standard InChI is InChI=1S/C15H13N3O/c16-12-5-3-9(4-6-12)13-7-10-1-2-11(15(17)19)8-14(10)18-13/h1-8,18H,16H2,(H2,17,19). The maximum atomic E-state index is 11.2. The van der Waals surface area contributed by atoms with E-state index in [1.54, 1.807) is 12.1 Å². The Hall–Kier alpha value is -2.75. The van der Waals surface area contributed by atoms with Gasteiger partial charge < -0.3 is 16.5 Å². The van der Waals surface area contributed by atoms with Gasteiger partial charge in [0.2, 0.25) is 5.91 Å². The van der Waals surface area contributed by atoms with Crippen molar-refractivity contribution < 1.29 is 4.79 Å². The average Bonchev–Trinajstić information content (AvgIpc) is 2.82. The summed E-state index contributed by atoms with van der Waals surface area (Å²) in [7, 11) is 0. The zero-order valence-electron chi connectivity index (χ0n) is 10.2. The van der Waals surface area contributed by atoms with Crippen LogP contribution in [0.15, 0.2) is 48.5 Å². The molecule has 2 aromatic carbocycles. The van der Waals surface area contributed by atoms with Crippen LogP contribution in [0.5, 0.6) is 0 Å². The molecule has 4 nitrogen and oxygen atoms in total. The third-order valence-corrected chi connectivity index (χ3v) is 3.13. The Kier molecular flexibility index (Phi) is 2.49.